The van der Waals surface area contributed by atoms with Crippen molar-refractivity contribution in [1.82, 2.24) is 9.80 Å². The van der Waals surface area contributed by atoms with E-state index >= 15 is 0 Å². The Bertz CT molecular complexity index is 782. The Balaban J connectivity index is 1.70. The van der Waals surface area contributed by atoms with Crippen LogP contribution in [0.2, 0.25) is 5.02 Å². The van der Waals surface area contributed by atoms with Gasteiger partial charge in [-0.2, -0.15) is 0 Å². The highest BCUT2D eigenvalue weighted by atomic mass is 35.5. The third kappa shape index (κ3) is 3.99. The Kier molecular flexibility index (Phi) is 5.34. The molecule has 0 saturated carbocycles. The fraction of sp³-hybridized carbons (Fsp3) is 0.263. The molecule has 0 spiro atoms. The molecule has 25 heavy (non-hydrogen) atoms. The first-order chi connectivity index (χ1) is 12.1. The lowest BCUT2D eigenvalue weighted by Gasteiger charge is -2.22. The summed E-state index contributed by atoms with van der Waals surface area (Å²) in [6, 6.07) is 13.0. The minimum absolute atomic E-state index is 0.0321. The van der Waals surface area contributed by atoms with Crippen LogP contribution in [0.15, 0.2) is 48.5 Å². The van der Waals surface area contributed by atoms with E-state index in [9.17, 15) is 14.0 Å². The quantitative estimate of drug-likeness (QED) is 0.822. The van der Waals surface area contributed by atoms with Gasteiger partial charge < -0.3 is 9.80 Å². The molecule has 0 N–H and O–H groups in total. The summed E-state index contributed by atoms with van der Waals surface area (Å²) in [5, 5.41) is 0.320. The van der Waals surface area contributed by atoms with Crippen molar-refractivity contribution in [2.75, 3.05) is 26.2 Å². The van der Waals surface area contributed by atoms with Crippen LogP contribution in [-0.2, 0) is 0 Å². The van der Waals surface area contributed by atoms with Crippen molar-refractivity contribution >= 4 is 23.4 Å². The monoisotopic (exact) mass is 360 g/mol. The molecule has 0 aliphatic carbocycles. The van der Waals surface area contributed by atoms with Crippen molar-refractivity contribution in [3.05, 3.63) is 70.5 Å². The molecule has 3 rings (SSSR count). The van der Waals surface area contributed by atoms with Gasteiger partial charge in [0, 0.05) is 36.8 Å². The molecular weight excluding hydrogens is 343 g/mol. The number of amides is 2. The van der Waals surface area contributed by atoms with Crippen LogP contribution in [-0.4, -0.2) is 47.8 Å². The van der Waals surface area contributed by atoms with Crippen LogP contribution in [0.1, 0.15) is 27.1 Å². The Labute approximate surface area is 150 Å². The van der Waals surface area contributed by atoms with E-state index in [1.807, 2.05) is 18.2 Å². The third-order valence-corrected chi connectivity index (χ3v) is 4.48. The molecule has 1 fully saturated rings. The van der Waals surface area contributed by atoms with Crippen molar-refractivity contribution in [2.45, 2.75) is 6.42 Å². The van der Waals surface area contributed by atoms with Gasteiger partial charge >= 0.3 is 0 Å². The maximum absolute atomic E-state index is 13.9. The summed E-state index contributed by atoms with van der Waals surface area (Å²) >= 11 is 5.87. The van der Waals surface area contributed by atoms with E-state index < -0.39 is 11.7 Å². The molecule has 0 atom stereocenters. The molecule has 130 valence electrons. The summed E-state index contributed by atoms with van der Waals surface area (Å²) < 4.78 is 13.9. The molecule has 1 heterocycles. The molecule has 1 aliphatic rings. The van der Waals surface area contributed by atoms with Crippen LogP contribution >= 0.6 is 11.6 Å². The zero-order chi connectivity index (χ0) is 17.8. The molecule has 0 aromatic heterocycles. The summed E-state index contributed by atoms with van der Waals surface area (Å²) in [6.45, 7) is 1.82. The number of nitrogens with zero attached hydrogens (tertiary/aromatic N) is 2. The van der Waals surface area contributed by atoms with E-state index in [4.69, 9.17) is 11.6 Å². The van der Waals surface area contributed by atoms with Gasteiger partial charge in [0.15, 0.2) is 0 Å². The highest BCUT2D eigenvalue weighted by molar-refractivity contribution is 6.31. The molecule has 2 aromatic rings. The van der Waals surface area contributed by atoms with Gasteiger partial charge in [-0.25, -0.2) is 4.39 Å². The fourth-order valence-corrected chi connectivity index (χ4v) is 3.09. The molecule has 6 heteroatoms. The van der Waals surface area contributed by atoms with Crippen molar-refractivity contribution in [3.63, 3.8) is 0 Å². The van der Waals surface area contributed by atoms with Gasteiger partial charge in [0.2, 0.25) is 0 Å². The first-order valence-corrected chi connectivity index (χ1v) is 8.53. The molecular formula is C19H18ClFN2O2. The first-order valence-electron chi connectivity index (χ1n) is 8.15. The SMILES string of the molecule is O=C(c1ccccc1)N1CCCN(C(=O)c2cc(Cl)ccc2F)CC1. The minimum atomic E-state index is -0.587. The van der Waals surface area contributed by atoms with E-state index in [1.54, 1.807) is 21.9 Å². The minimum Gasteiger partial charge on any atom is -0.337 e. The maximum atomic E-state index is 13.9. The van der Waals surface area contributed by atoms with Gasteiger partial charge in [-0.05, 0) is 36.8 Å². The average Bonchev–Trinajstić information content (AvgIpc) is 2.89. The molecule has 2 aromatic carbocycles. The molecule has 0 unspecified atom stereocenters. The van der Waals surface area contributed by atoms with E-state index in [-0.39, 0.29) is 11.5 Å². The number of hydrogen-bond acceptors (Lipinski definition) is 2. The predicted molar refractivity (Wildman–Crippen MR) is 94.3 cm³/mol. The molecule has 4 nitrogen and oxygen atoms in total. The van der Waals surface area contributed by atoms with Gasteiger partial charge in [0.05, 0.1) is 5.56 Å². The van der Waals surface area contributed by atoms with Crippen LogP contribution in [0.4, 0.5) is 4.39 Å². The zero-order valence-electron chi connectivity index (χ0n) is 13.6. The molecule has 0 radical (unpaired) electrons. The second-order valence-electron chi connectivity index (χ2n) is 5.93. The number of carbonyl (C=O) groups excluding carboxylic acids is 2. The standard InChI is InChI=1S/C19H18ClFN2O2/c20-15-7-8-17(21)16(13-15)19(25)23-10-4-9-22(11-12-23)18(24)14-5-2-1-3-6-14/h1-3,5-8,13H,4,9-12H2. The first kappa shape index (κ1) is 17.4. The summed E-state index contributed by atoms with van der Waals surface area (Å²) in [7, 11) is 0. The fourth-order valence-electron chi connectivity index (χ4n) is 2.92. The predicted octanol–water partition coefficient (Wildman–Crippen LogP) is 3.47. The average molecular weight is 361 g/mol. The molecule has 1 saturated heterocycles. The van der Waals surface area contributed by atoms with E-state index in [1.165, 1.54) is 18.2 Å². The lowest BCUT2D eigenvalue weighted by Crippen LogP contribution is -2.37. The number of benzene rings is 2. The lowest BCUT2D eigenvalue weighted by atomic mass is 10.2. The maximum Gasteiger partial charge on any atom is 0.256 e. The number of hydrogen-bond donors (Lipinski definition) is 0. The van der Waals surface area contributed by atoms with Crippen molar-refractivity contribution < 1.29 is 14.0 Å². The van der Waals surface area contributed by atoms with Gasteiger partial charge in [-0.1, -0.05) is 29.8 Å². The summed E-state index contributed by atoms with van der Waals surface area (Å²) in [6.07, 6.45) is 0.645. The Morgan fingerprint density at radius 1 is 0.880 bits per heavy atom. The van der Waals surface area contributed by atoms with Gasteiger partial charge in [-0.15, -0.1) is 0 Å². The summed E-state index contributed by atoms with van der Waals surface area (Å²) in [4.78, 5) is 28.4. The van der Waals surface area contributed by atoms with Gasteiger partial charge in [0.25, 0.3) is 11.8 Å². The van der Waals surface area contributed by atoms with Crippen LogP contribution in [0.5, 0.6) is 0 Å². The second-order valence-corrected chi connectivity index (χ2v) is 6.36. The van der Waals surface area contributed by atoms with Crippen LogP contribution in [0.3, 0.4) is 0 Å². The second kappa shape index (κ2) is 7.66. The summed E-state index contributed by atoms with van der Waals surface area (Å²) in [5.74, 6) is -1.03. The highest BCUT2D eigenvalue weighted by Crippen LogP contribution is 2.18. The largest absolute Gasteiger partial charge is 0.337 e. The normalized spacial score (nSPS) is 15.0. The Hall–Kier alpha value is -2.40. The number of rotatable bonds is 2. The van der Waals surface area contributed by atoms with E-state index in [0.29, 0.717) is 43.2 Å². The number of halogens is 2. The van der Waals surface area contributed by atoms with Crippen LogP contribution < -0.4 is 0 Å². The van der Waals surface area contributed by atoms with Crippen molar-refractivity contribution in [2.24, 2.45) is 0 Å². The number of carbonyl (C=O) groups is 2. The third-order valence-electron chi connectivity index (χ3n) is 4.25. The van der Waals surface area contributed by atoms with Crippen molar-refractivity contribution in [3.8, 4) is 0 Å². The van der Waals surface area contributed by atoms with Crippen LogP contribution in [0.25, 0.3) is 0 Å². The van der Waals surface area contributed by atoms with Crippen LogP contribution in [0, 0.1) is 5.82 Å². The molecule has 2 amide bonds. The zero-order valence-corrected chi connectivity index (χ0v) is 14.4. The lowest BCUT2D eigenvalue weighted by molar-refractivity contribution is 0.0716. The highest BCUT2D eigenvalue weighted by Gasteiger charge is 2.25. The smallest absolute Gasteiger partial charge is 0.256 e. The van der Waals surface area contributed by atoms with Crippen molar-refractivity contribution in [1.29, 1.82) is 0 Å². The van der Waals surface area contributed by atoms with Gasteiger partial charge in [0.1, 0.15) is 5.82 Å². The van der Waals surface area contributed by atoms with E-state index in [0.717, 1.165) is 0 Å². The molecule has 1 aliphatic heterocycles. The molecule has 0 bridgehead atoms. The van der Waals surface area contributed by atoms with Gasteiger partial charge in [-0.3, -0.25) is 9.59 Å². The Morgan fingerprint density at radius 2 is 1.52 bits per heavy atom. The van der Waals surface area contributed by atoms with E-state index in [2.05, 4.69) is 0 Å². The summed E-state index contributed by atoms with van der Waals surface area (Å²) in [5.41, 5.74) is 0.596. The topological polar surface area (TPSA) is 40.6 Å². The Morgan fingerprint density at radius 3 is 2.20 bits per heavy atom.